The number of methoxy groups -OCH3 is 1. The summed E-state index contributed by atoms with van der Waals surface area (Å²) in [6, 6.07) is 3.71. The molecule has 0 atom stereocenters. The Morgan fingerprint density at radius 2 is 2.12 bits per heavy atom. The summed E-state index contributed by atoms with van der Waals surface area (Å²) in [7, 11) is 1.63. The first-order valence-corrected chi connectivity index (χ1v) is 5.72. The molecule has 5 heteroatoms. The van der Waals surface area contributed by atoms with Gasteiger partial charge in [0.25, 0.3) is 0 Å². The van der Waals surface area contributed by atoms with Crippen LogP contribution in [0.4, 0.5) is 0 Å². The number of hydrogen-bond acceptors (Lipinski definition) is 4. The first kappa shape index (κ1) is 14.1. The smallest absolute Gasteiger partial charge is 0.213 e. The zero-order valence-corrected chi connectivity index (χ0v) is 10.8. The predicted octanol–water partition coefficient (Wildman–Crippen LogP) is 1.89. The summed E-state index contributed by atoms with van der Waals surface area (Å²) in [6.07, 6.45) is 4.06. The SMILES string of the molecule is COc1ccc(OCC2CCNCC2)nc1.Cl. The normalized spacial score (nSPS) is 16.1. The summed E-state index contributed by atoms with van der Waals surface area (Å²) in [4.78, 5) is 4.17. The van der Waals surface area contributed by atoms with E-state index in [1.54, 1.807) is 13.3 Å². The van der Waals surface area contributed by atoms with Crippen molar-refractivity contribution in [3.8, 4) is 11.6 Å². The van der Waals surface area contributed by atoms with Gasteiger partial charge in [-0.2, -0.15) is 0 Å². The Labute approximate surface area is 108 Å². The maximum atomic E-state index is 5.65. The van der Waals surface area contributed by atoms with Crippen molar-refractivity contribution < 1.29 is 9.47 Å². The van der Waals surface area contributed by atoms with Crippen molar-refractivity contribution in [2.24, 2.45) is 5.92 Å². The zero-order valence-electron chi connectivity index (χ0n) is 10.0. The first-order valence-electron chi connectivity index (χ1n) is 5.72. The lowest BCUT2D eigenvalue weighted by molar-refractivity contribution is 0.208. The Morgan fingerprint density at radius 3 is 2.71 bits per heavy atom. The molecule has 1 aliphatic rings. The average Bonchev–Trinajstić information content (AvgIpc) is 2.38. The van der Waals surface area contributed by atoms with E-state index >= 15 is 0 Å². The monoisotopic (exact) mass is 258 g/mol. The second-order valence-electron chi connectivity index (χ2n) is 4.04. The molecule has 17 heavy (non-hydrogen) atoms. The van der Waals surface area contributed by atoms with Crippen LogP contribution in [0, 0.1) is 5.92 Å². The number of nitrogens with one attached hydrogen (secondary N) is 1. The molecule has 0 unspecified atom stereocenters. The van der Waals surface area contributed by atoms with Crippen molar-refractivity contribution >= 4 is 12.4 Å². The molecule has 0 radical (unpaired) electrons. The maximum Gasteiger partial charge on any atom is 0.213 e. The fraction of sp³-hybridized carbons (Fsp3) is 0.583. The van der Waals surface area contributed by atoms with E-state index < -0.39 is 0 Å². The van der Waals surface area contributed by atoms with Crippen LogP contribution in [0.2, 0.25) is 0 Å². The quantitative estimate of drug-likeness (QED) is 0.896. The first-order chi connectivity index (χ1) is 7.88. The molecule has 0 spiro atoms. The van der Waals surface area contributed by atoms with Crippen LogP contribution in [0.25, 0.3) is 0 Å². The van der Waals surface area contributed by atoms with Gasteiger partial charge in [0.15, 0.2) is 0 Å². The second kappa shape index (κ2) is 7.35. The standard InChI is InChI=1S/C12H18N2O2.ClH/c1-15-11-2-3-12(14-8-11)16-9-10-4-6-13-7-5-10;/h2-3,8,10,13H,4-7,9H2,1H3;1H. The highest BCUT2D eigenvalue weighted by atomic mass is 35.5. The summed E-state index contributed by atoms with van der Waals surface area (Å²) < 4.78 is 10.7. The molecule has 0 aliphatic carbocycles. The molecule has 0 saturated carbocycles. The third-order valence-corrected chi connectivity index (χ3v) is 2.87. The Balaban J connectivity index is 0.00000144. The summed E-state index contributed by atoms with van der Waals surface area (Å²) >= 11 is 0. The molecule has 2 rings (SSSR count). The molecule has 96 valence electrons. The minimum atomic E-state index is 0. The van der Waals surface area contributed by atoms with E-state index in [2.05, 4.69) is 10.3 Å². The molecule has 4 nitrogen and oxygen atoms in total. The molecule has 1 N–H and O–H groups in total. The number of hydrogen-bond donors (Lipinski definition) is 1. The van der Waals surface area contributed by atoms with Crippen molar-refractivity contribution in [3.63, 3.8) is 0 Å². The Hall–Kier alpha value is -1.00. The van der Waals surface area contributed by atoms with Crippen molar-refractivity contribution in [3.05, 3.63) is 18.3 Å². The number of ether oxygens (including phenoxy) is 2. The summed E-state index contributed by atoms with van der Waals surface area (Å²) in [5.74, 6) is 2.10. The minimum absolute atomic E-state index is 0. The maximum absolute atomic E-state index is 5.65. The van der Waals surface area contributed by atoms with Crippen molar-refractivity contribution in [2.45, 2.75) is 12.8 Å². The van der Waals surface area contributed by atoms with E-state index in [4.69, 9.17) is 9.47 Å². The lowest BCUT2D eigenvalue weighted by Gasteiger charge is -2.22. The third-order valence-electron chi connectivity index (χ3n) is 2.87. The van der Waals surface area contributed by atoms with Gasteiger partial charge in [0, 0.05) is 6.07 Å². The van der Waals surface area contributed by atoms with Crippen LogP contribution in [0.1, 0.15) is 12.8 Å². The van der Waals surface area contributed by atoms with E-state index in [1.807, 2.05) is 12.1 Å². The fourth-order valence-corrected chi connectivity index (χ4v) is 1.82. The number of aromatic nitrogens is 1. The third kappa shape index (κ3) is 4.40. The van der Waals surface area contributed by atoms with Gasteiger partial charge in [-0.1, -0.05) is 0 Å². The fourth-order valence-electron chi connectivity index (χ4n) is 1.82. The molecule has 0 aromatic carbocycles. The van der Waals surface area contributed by atoms with Crippen LogP contribution in [0.5, 0.6) is 11.6 Å². The molecule has 1 aliphatic heterocycles. The molecule has 0 bridgehead atoms. The molecule has 0 amide bonds. The number of halogens is 1. The second-order valence-corrected chi connectivity index (χ2v) is 4.04. The molecule has 1 aromatic heterocycles. The van der Waals surface area contributed by atoms with Crippen molar-refractivity contribution in [1.29, 1.82) is 0 Å². The van der Waals surface area contributed by atoms with Crippen LogP contribution in [0.15, 0.2) is 18.3 Å². The van der Waals surface area contributed by atoms with Gasteiger partial charge in [0.1, 0.15) is 5.75 Å². The van der Waals surface area contributed by atoms with Crippen molar-refractivity contribution in [1.82, 2.24) is 10.3 Å². The number of rotatable bonds is 4. The summed E-state index contributed by atoms with van der Waals surface area (Å²) in [6.45, 7) is 2.97. The van der Waals surface area contributed by atoms with Gasteiger partial charge >= 0.3 is 0 Å². The van der Waals surface area contributed by atoms with Crippen LogP contribution in [0.3, 0.4) is 0 Å². The highest BCUT2D eigenvalue weighted by Gasteiger charge is 2.13. The molecular weight excluding hydrogens is 240 g/mol. The highest BCUT2D eigenvalue weighted by Crippen LogP contribution is 2.16. The molecule has 1 aromatic rings. The van der Waals surface area contributed by atoms with Gasteiger partial charge in [-0.05, 0) is 37.9 Å². The number of pyridine rings is 1. The van der Waals surface area contributed by atoms with E-state index in [9.17, 15) is 0 Å². The van der Waals surface area contributed by atoms with Gasteiger partial charge in [-0.15, -0.1) is 12.4 Å². The van der Waals surface area contributed by atoms with Gasteiger partial charge in [-0.3, -0.25) is 0 Å². The van der Waals surface area contributed by atoms with E-state index in [0.717, 1.165) is 25.4 Å². The van der Waals surface area contributed by atoms with E-state index in [1.165, 1.54) is 12.8 Å². The minimum Gasteiger partial charge on any atom is -0.495 e. The average molecular weight is 259 g/mol. The molecular formula is C12H19ClN2O2. The number of piperidine rings is 1. The summed E-state index contributed by atoms with van der Waals surface area (Å²) in [5, 5.41) is 3.34. The van der Waals surface area contributed by atoms with Crippen LogP contribution < -0.4 is 14.8 Å². The predicted molar refractivity (Wildman–Crippen MR) is 69.1 cm³/mol. The van der Waals surface area contributed by atoms with Gasteiger partial charge in [-0.25, -0.2) is 4.98 Å². The lowest BCUT2D eigenvalue weighted by Crippen LogP contribution is -2.30. The van der Waals surface area contributed by atoms with Crippen LogP contribution >= 0.6 is 12.4 Å². The number of nitrogens with zero attached hydrogens (tertiary/aromatic N) is 1. The zero-order chi connectivity index (χ0) is 11.2. The van der Waals surface area contributed by atoms with Crippen molar-refractivity contribution in [2.75, 3.05) is 26.8 Å². The van der Waals surface area contributed by atoms with E-state index in [0.29, 0.717) is 11.8 Å². The Morgan fingerprint density at radius 1 is 1.35 bits per heavy atom. The van der Waals surface area contributed by atoms with Crippen LogP contribution in [-0.2, 0) is 0 Å². The lowest BCUT2D eigenvalue weighted by atomic mass is 9.99. The molecule has 1 fully saturated rings. The Kier molecular flexibility index (Phi) is 6.08. The Bertz CT molecular complexity index is 313. The largest absolute Gasteiger partial charge is 0.495 e. The summed E-state index contributed by atoms with van der Waals surface area (Å²) in [5.41, 5.74) is 0. The molecule has 1 saturated heterocycles. The van der Waals surface area contributed by atoms with E-state index in [-0.39, 0.29) is 12.4 Å². The highest BCUT2D eigenvalue weighted by molar-refractivity contribution is 5.85. The van der Waals surface area contributed by atoms with Gasteiger partial charge in [0.2, 0.25) is 5.88 Å². The topological polar surface area (TPSA) is 43.4 Å². The van der Waals surface area contributed by atoms with Crippen LogP contribution in [-0.4, -0.2) is 31.8 Å². The molecule has 2 heterocycles. The van der Waals surface area contributed by atoms with Gasteiger partial charge in [0.05, 0.1) is 19.9 Å². The van der Waals surface area contributed by atoms with Gasteiger partial charge < -0.3 is 14.8 Å².